The van der Waals surface area contributed by atoms with Gasteiger partial charge in [0.2, 0.25) is 0 Å². The molecule has 1 N–H and O–H groups in total. The highest BCUT2D eigenvalue weighted by atomic mass is 14.4. The van der Waals surface area contributed by atoms with Crippen LogP contribution in [0.2, 0.25) is 0 Å². The maximum absolute atomic E-state index is 7.00. The molecule has 0 aliphatic carbocycles. The highest BCUT2D eigenvalue weighted by molar-refractivity contribution is 5.90. The molecule has 0 bridgehead atoms. The predicted molar refractivity (Wildman–Crippen MR) is 37.4 cm³/mol. The zero-order chi connectivity index (χ0) is 6.57. The van der Waals surface area contributed by atoms with Gasteiger partial charge in [-0.1, -0.05) is 12.7 Å². The Kier molecular flexibility index (Phi) is 2.85. The van der Waals surface area contributed by atoms with Crippen molar-refractivity contribution in [3.05, 3.63) is 24.3 Å². The van der Waals surface area contributed by atoms with Crippen molar-refractivity contribution in [3.63, 3.8) is 0 Å². The Bertz CT molecular complexity index is 131. The molecule has 0 aromatic carbocycles. The van der Waals surface area contributed by atoms with E-state index >= 15 is 0 Å². The van der Waals surface area contributed by atoms with E-state index in [4.69, 9.17) is 5.41 Å². The molecule has 0 aromatic rings. The first-order valence-corrected chi connectivity index (χ1v) is 2.52. The van der Waals surface area contributed by atoms with Crippen molar-refractivity contribution < 1.29 is 0 Å². The largest absolute Gasteiger partial charge is 0.306 e. The summed E-state index contributed by atoms with van der Waals surface area (Å²) in [5.74, 6) is 0. The van der Waals surface area contributed by atoms with Crippen LogP contribution >= 0.6 is 0 Å². The Morgan fingerprint density at radius 3 is 2.12 bits per heavy atom. The summed E-state index contributed by atoms with van der Waals surface area (Å²) in [7, 11) is 0. The van der Waals surface area contributed by atoms with Gasteiger partial charge in [-0.25, -0.2) is 0 Å². The monoisotopic (exact) mass is 109 g/mol. The van der Waals surface area contributed by atoms with Crippen LogP contribution < -0.4 is 0 Å². The minimum atomic E-state index is 0.572. The summed E-state index contributed by atoms with van der Waals surface area (Å²) in [6, 6.07) is 0. The van der Waals surface area contributed by atoms with Crippen LogP contribution in [0.4, 0.5) is 0 Å². The van der Waals surface area contributed by atoms with Crippen LogP contribution in [-0.4, -0.2) is 5.71 Å². The van der Waals surface area contributed by atoms with E-state index in [1.165, 1.54) is 0 Å². The maximum atomic E-state index is 7.00. The molecule has 0 unspecified atom stereocenters. The van der Waals surface area contributed by atoms with Gasteiger partial charge in [0.15, 0.2) is 0 Å². The van der Waals surface area contributed by atoms with E-state index in [2.05, 4.69) is 6.58 Å². The zero-order valence-electron chi connectivity index (χ0n) is 5.36. The average Bonchev–Trinajstić information content (AvgIpc) is 1.65. The Morgan fingerprint density at radius 1 is 1.50 bits per heavy atom. The molecule has 0 aromatic heterocycles. The van der Waals surface area contributed by atoms with Crippen LogP contribution in [0.5, 0.6) is 0 Å². The van der Waals surface area contributed by atoms with Crippen LogP contribution in [-0.2, 0) is 0 Å². The van der Waals surface area contributed by atoms with Gasteiger partial charge in [-0.05, 0) is 25.5 Å². The topological polar surface area (TPSA) is 23.9 Å². The number of hydrogen-bond acceptors (Lipinski definition) is 1. The molecule has 0 aliphatic heterocycles. The van der Waals surface area contributed by atoms with E-state index < -0.39 is 0 Å². The third-order valence-electron chi connectivity index (χ3n) is 0.766. The molecule has 8 heavy (non-hydrogen) atoms. The zero-order valence-corrected chi connectivity index (χ0v) is 5.36. The van der Waals surface area contributed by atoms with Gasteiger partial charge in [0.1, 0.15) is 0 Å². The van der Waals surface area contributed by atoms with Gasteiger partial charge in [0.25, 0.3) is 0 Å². The van der Waals surface area contributed by atoms with E-state index in [0.717, 1.165) is 5.57 Å². The van der Waals surface area contributed by atoms with Crippen LogP contribution in [0.3, 0.4) is 0 Å². The SMILES string of the molecule is C=C/C(C)=C\C(C)=N. The summed E-state index contributed by atoms with van der Waals surface area (Å²) in [4.78, 5) is 0. The average molecular weight is 109 g/mol. The molecule has 1 nitrogen and oxygen atoms in total. The summed E-state index contributed by atoms with van der Waals surface area (Å²) in [6.45, 7) is 7.21. The first-order valence-electron chi connectivity index (χ1n) is 2.52. The minimum absolute atomic E-state index is 0.572. The van der Waals surface area contributed by atoms with E-state index in [0.29, 0.717) is 5.71 Å². The van der Waals surface area contributed by atoms with Gasteiger partial charge in [-0.15, -0.1) is 0 Å². The van der Waals surface area contributed by atoms with Gasteiger partial charge >= 0.3 is 0 Å². The van der Waals surface area contributed by atoms with E-state index in [1.807, 2.05) is 6.92 Å². The van der Waals surface area contributed by atoms with Crippen LogP contribution in [0.15, 0.2) is 24.3 Å². The van der Waals surface area contributed by atoms with Crippen LogP contribution in [0.1, 0.15) is 13.8 Å². The smallest absolute Gasteiger partial charge is 0.0285 e. The van der Waals surface area contributed by atoms with Crippen molar-refractivity contribution in [1.82, 2.24) is 0 Å². The molecule has 0 aliphatic rings. The summed E-state index contributed by atoms with van der Waals surface area (Å²) in [5, 5.41) is 7.00. The quantitative estimate of drug-likeness (QED) is 0.415. The Morgan fingerprint density at radius 2 is 2.00 bits per heavy atom. The van der Waals surface area contributed by atoms with Crippen LogP contribution in [0.25, 0.3) is 0 Å². The fourth-order valence-electron chi connectivity index (χ4n) is 0.400. The molecule has 0 atom stereocenters. The summed E-state index contributed by atoms with van der Waals surface area (Å²) in [6.07, 6.45) is 3.50. The molecule has 0 amide bonds. The van der Waals surface area contributed by atoms with E-state index in [-0.39, 0.29) is 0 Å². The maximum Gasteiger partial charge on any atom is 0.0285 e. The lowest BCUT2D eigenvalue weighted by atomic mass is 10.2. The molecule has 1 heteroatoms. The Hall–Kier alpha value is -0.850. The number of rotatable bonds is 2. The van der Waals surface area contributed by atoms with Crippen molar-refractivity contribution in [3.8, 4) is 0 Å². The van der Waals surface area contributed by atoms with Crippen molar-refractivity contribution in [1.29, 1.82) is 5.41 Å². The molecule has 0 saturated carbocycles. The lowest BCUT2D eigenvalue weighted by Gasteiger charge is -1.86. The Balaban J connectivity index is 3.94. The van der Waals surface area contributed by atoms with Gasteiger partial charge < -0.3 is 5.41 Å². The van der Waals surface area contributed by atoms with Gasteiger partial charge in [0.05, 0.1) is 0 Å². The fourth-order valence-corrected chi connectivity index (χ4v) is 0.400. The van der Waals surface area contributed by atoms with Crippen molar-refractivity contribution in [2.45, 2.75) is 13.8 Å². The van der Waals surface area contributed by atoms with Crippen molar-refractivity contribution >= 4 is 5.71 Å². The number of hydrogen-bond donors (Lipinski definition) is 1. The second-order valence-electron chi connectivity index (χ2n) is 1.78. The first kappa shape index (κ1) is 7.15. The second-order valence-corrected chi connectivity index (χ2v) is 1.78. The van der Waals surface area contributed by atoms with Gasteiger partial charge in [-0.3, -0.25) is 0 Å². The molecule has 0 heterocycles. The highest BCUT2D eigenvalue weighted by Crippen LogP contribution is 1.91. The lowest BCUT2D eigenvalue weighted by molar-refractivity contribution is 1.46. The Labute approximate surface area is 50.2 Å². The van der Waals surface area contributed by atoms with Gasteiger partial charge in [-0.2, -0.15) is 0 Å². The molecular formula is C7H11N. The highest BCUT2D eigenvalue weighted by Gasteiger charge is 1.78. The molecule has 44 valence electrons. The van der Waals surface area contributed by atoms with Crippen molar-refractivity contribution in [2.75, 3.05) is 0 Å². The molecule has 0 fully saturated rings. The number of allylic oxidation sites excluding steroid dienone is 3. The van der Waals surface area contributed by atoms with Crippen LogP contribution in [0, 0.1) is 5.41 Å². The third kappa shape index (κ3) is 3.34. The summed E-state index contributed by atoms with van der Waals surface area (Å²) < 4.78 is 0. The fraction of sp³-hybridized carbons (Fsp3) is 0.286. The molecule has 0 rings (SSSR count). The summed E-state index contributed by atoms with van der Waals surface area (Å²) in [5.41, 5.74) is 1.61. The standard InChI is InChI=1S/C7H11N/c1-4-6(2)5-7(3)8/h4-5,8H,1H2,2-3H3/b6-5-,8-7?. The van der Waals surface area contributed by atoms with E-state index in [1.54, 1.807) is 19.1 Å². The van der Waals surface area contributed by atoms with Crippen molar-refractivity contribution in [2.24, 2.45) is 0 Å². The summed E-state index contributed by atoms with van der Waals surface area (Å²) >= 11 is 0. The third-order valence-corrected chi connectivity index (χ3v) is 0.766. The second kappa shape index (κ2) is 3.19. The normalized spacial score (nSPS) is 11.0. The number of nitrogens with one attached hydrogen (secondary N) is 1. The molecule has 0 radical (unpaired) electrons. The first-order chi connectivity index (χ1) is 3.66. The van der Waals surface area contributed by atoms with E-state index in [9.17, 15) is 0 Å². The lowest BCUT2D eigenvalue weighted by Crippen LogP contribution is -1.79. The minimum Gasteiger partial charge on any atom is -0.306 e. The predicted octanol–water partition coefficient (Wildman–Crippen LogP) is 2.16. The molecule has 0 spiro atoms. The molecule has 0 saturated heterocycles. The van der Waals surface area contributed by atoms with Gasteiger partial charge in [0, 0.05) is 5.71 Å². The molecular weight excluding hydrogens is 98.1 g/mol.